The molecule has 0 unspecified atom stereocenters. The van der Waals surface area contributed by atoms with Gasteiger partial charge in [-0.1, -0.05) is 4.68 Å². The monoisotopic (exact) mass is 188 g/mol. The van der Waals surface area contributed by atoms with Gasteiger partial charge in [0, 0.05) is 11.5 Å². The maximum absolute atomic E-state index is 9.75. The minimum Gasteiger partial charge on any atom is -0.418 e. The summed E-state index contributed by atoms with van der Waals surface area (Å²) in [6, 6.07) is 0. The number of hydrogen-bond acceptors (Lipinski definition) is 2. The van der Waals surface area contributed by atoms with Crippen LogP contribution in [0.2, 0.25) is 0 Å². The fraction of sp³-hybridized carbons (Fsp3) is 0.333. The number of rotatable bonds is 0. The molecule has 2 nitrogen and oxygen atoms in total. The van der Waals surface area contributed by atoms with Gasteiger partial charge in [0.2, 0.25) is 6.20 Å². The van der Waals surface area contributed by atoms with E-state index in [9.17, 15) is 17.3 Å². The van der Waals surface area contributed by atoms with Crippen LogP contribution in [0.1, 0.15) is 0 Å². The van der Waals surface area contributed by atoms with Crippen molar-refractivity contribution in [2.24, 2.45) is 7.05 Å². The van der Waals surface area contributed by atoms with Gasteiger partial charge in [-0.15, -0.1) is 0 Å². The van der Waals surface area contributed by atoms with E-state index >= 15 is 0 Å². The summed E-state index contributed by atoms with van der Waals surface area (Å²) in [6.07, 6.45) is 1.91. The molecule has 0 atom stereocenters. The topological polar surface area (TPSA) is 16.8 Å². The van der Waals surface area contributed by atoms with Crippen LogP contribution in [0.15, 0.2) is 11.6 Å². The predicted octanol–water partition coefficient (Wildman–Crippen LogP) is 1.27. The van der Waals surface area contributed by atoms with Gasteiger partial charge in [-0.05, 0) is 0 Å². The Morgan fingerprint density at radius 1 is 1.36 bits per heavy atom. The molecule has 0 radical (unpaired) electrons. The zero-order chi connectivity index (χ0) is 8.91. The minimum absolute atomic E-state index is 1.45. The number of aryl methyl sites for hydroxylation is 1. The normalized spacial score (nSPS) is 10.3. The molecule has 64 valence electrons. The molecular formula is C3H5BF4N2S. The smallest absolute Gasteiger partial charge is 0.418 e. The molecule has 8 heteroatoms. The maximum Gasteiger partial charge on any atom is 0.673 e. The summed E-state index contributed by atoms with van der Waals surface area (Å²) in [5.41, 5.74) is 0. The Bertz CT molecular complexity index is 180. The lowest BCUT2D eigenvalue weighted by atomic mass is 10.3. The van der Waals surface area contributed by atoms with Crippen molar-refractivity contribution in [3.05, 3.63) is 11.6 Å². The molecule has 1 heterocycles. The summed E-state index contributed by atoms with van der Waals surface area (Å²) in [5.74, 6) is 0. The fourth-order valence-electron chi connectivity index (χ4n) is 0.244. The number of hydrogen-bond donors (Lipinski definition) is 0. The molecule has 0 aliphatic carbocycles. The van der Waals surface area contributed by atoms with E-state index in [0.717, 1.165) is 0 Å². The first-order valence-electron chi connectivity index (χ1n) is 2.53. The minimum atomic E-state index is -6.00. The van der Waals surface area contributed by atoms with Gasteiger partial charge in [0.1, 0.15) is 0 Å². The summed E-state index contributed by atoms with van der Waals surface area (Å²) < 4.78 is 44.6. The van der Waals surface area contributed by atoms with Crippen LogP contribution in [0, 0.1) is 0 Å². The van der Waals surface area contributed by atoms with Crippen LogP contribution in [0.5, 0.6) is 0 Å². The summed E-state index contributed by atoms with van der Waals surface area (Å²) in [4.78, 5) is 0. The van der Waals surface area contributed by atoms with E-state index in [1.54, 1.807) is 4.68 Å². The van der Waals surface area contributed by atoms with Crippen LogP contribution in [0.3, 0.4) is 0 Å². The van der Waals surface area contributed by atoms with E-state index < -0.39 is 7.25 Å². The van der Waals surface area contributed by atoms with Crippen LogP contribution in [-0.2, 0) is 7.05 Å². The molecule has 0 fully saturated rings. The van der Waals surface area contributed by atoms with Gasteiger partial charge in [-0.3, -0.25) is 0 Å². The van der Waals surface area contributed by atoms with Gasteiger partial charge in [-0.25, -0.2) is 0 Å². The molecule has 0 aliphatic heterocycles. The fourth-order valence-corrected chi connectivity index (χ4v) is 0.732. The van der Waals surface area contributed by atoms with Crippen LogP contribution >= 0.6 is 11.5 Å². The molecular weight excluding hydrogens is 183 g/mol. The average molecular weight is 188 g/mol. The molecule has 0 aliphatic rings. The second kappa shape index (κ2) is 4.27. The number of aromatic nitrogens is 2. The van der Waals surface area contributed by atoms with Gasteiger partial charge in [0.25, 0.3) is 0 Å². The van der Waals surface area contributed by atoms with Crippen molar-refractivity contribution in [1.29, 1.82) is 0 Å². The van der Waals surface area contributed by atoms with E-state index in [1.165, 1.54) is 11.5 Å². The third-order valence-corrected chi connectivity index (χ3v) is 1.11. The van der Waals surface area contributed by atoms with Gasteiger partial charge < -0.3 is 17.3 Å². The molecule has 0 saturated heterocycles. The van der Waals surface area contributed by atoms with Crippen LogP contribution in [0.4, 0.5) is 17.3 Å². The standard InChI is InChI=1S/C3H5N2S.BF4/c1-5-2-3-6-4-5;2-1(3,4)5/h2-3H,1H3;/q+1;-1. The Labute approximate surface area is 64.7 Å². The van der Waals surface area contributed by atoms with E-state index in [2.05, 4.69) is 4.49 Å². The summed E-state index contributed by atoms with van der Waals surface area (Å²) in [6.45, 7) is 0. The summed E-state index contributed by atoms with van der Waals surface area (Å²) in [7, 11) is -4.10. The first-order valence-corrected chi connectivity index (χ1v) is 3.37. The van der Waals surface area contributed by atoms with E-state index in [4.69, 9.17) is 0 Å². The lowest BCUT2D eigenvalue weighted by molar-refractivity contribution is -0.722. The molecule has 1 aromatic heterocycles. The van der Waals surface area contributed by atoms with Crippen molar-refractivity contribution in [1.82, 2.24) is 4.49 Å². The van der Waals surface area contributed by atoms with Gasteiger partial charge in [-0.2, -0.15) is 0 Å². The van der Waals surface area contributed by atoms with Crippen molar-refractivity contribution in [2.75, 3.05) is 0 Å². The Morgan fingerprint density at radius 3 is 1.91 bits per heavy atom. The highest BCUT2D eigenvalue weighted by Crippen LogP contribution is 2.06. The molecule has 0 N–H and O–H groups in total. The maximum atomic E-state index is 9.75. The lowest BCUT2D eigenvalue weighted by Crippen LogP contribution is -2.27. The molecule has 0 bridgehead atoms. The molecule has 11 heavy (non-hydrogen) atoms. The van der Waals surface area contributed by atoms with Crippen LogP contribution in [-0.4, -0.2) is 11.7 Å². The second-order valence-corrected chi connectivity index (χ2v) is 2.19. The zero-order valence-electron chi connectivity index (χ0n) is 5.55. The lowest BCUT2D eigenvalue weighted by Gasteiger charge is -1.94. The Balaban J connectivity index is 0.000000187. The Hall–Kier alpha value is -0.655. The van der Waals surface area contributed by atoms with E-state index in [-0.39, 0.29) is 0 Å². The van der Waals surface area contributed by atoms with Gasteiger partial charge >= 0.3 is 7.25 Å². The van der Waals surface area contributed by atoms with E-state index in [1.807, 2.05) is 18.6 Å². The van der Waals surface area contributed by atoms with Crippen molar-refractivity contribution >= 4 is 18.8 Å². The van der Waals surface area contributed by atoms with Crippen molar-refractivity contribution in [2.45, 2.75) is 0 Å². The van der Waals surface area contributed by atoms with Crippen molar-refractivity contribution in [3.63, 3.8) is 0 Å². The Kier molecular flexibility index (Phi) is 4.02. The van der Waals surface area contributed by atoms with Crippen molar-refractivity contribution in [3.8, 4) is 0 Å². The highest BCUT2D eigenvalue weighted by Gasteiger charge is 2.20. The SMILES string of the molecule is C[n+]1ccsn1.F[B-](F)(F)F. The predicted molar refractivity (Wildman–Crippen MR) is 33.5 cm³/mol. The largest absolute Gasteiger partial charge is 0.673 e. The van der Waals surface area contributed by atoms with Crippen LogP contribution in [0.25, 0.3) is 0 Å². The van der Waals surface area contributed by atoms with Gasteiger partial charge in [0.15, 0.2) is 7.05 Å². The van der Waals surface area contributed by atoms with Crippen molar-refractivity contribution < 1.29 is 21.9 Å². The van der Waals surface area contributed by atoms with Gasteiger partial charge in [0.05, 0.1) is 9.87 Å². The molecule has 0 amide bonds. The Morgan fingerprint density at radius 2 is 1.82 bits per heavy atom. The molecule has 0 spiro atoms. The summed E-state index contributed by atoms with van der Waals surface area (Å²) in [5, 5.41) is 1.93. The van der Waals surface area contributed by atoms with Crippen LogP contribution < -0.4 is 4.68 Å². The average Bonchev–Trinajstić information content (AvgIpc) is 2.12. The quantitative estimate of drug-likeness (QED) is 0.340. The third kappa shape index (κ3) is 12.5. The second-order valence-electron chi connectivity index (χ2n) is 1.54. The molecule has 0 aromatic carbocycles. The molecule has 0 saturated carbocycles. The third-order valence-electron chi connectivity index (χ3n) is 0.513. The highest BCUT2D eigenvalue weighted by atomic mass is 32.1. The summed E-state index contributed by atoms with van der Waals surface area (Å²) >= 11 is 1.45. The highest BCUT2D eigenvalue weighted by molar-refractivity contribution is 7.03. The first kappa shape index (κ1) is 10.3. The molecule has 1 rings (SSSR count). The number of nitrogens with zero attached hydrogens (tertiary/aromatic N) is 2. The number of halogens is 4. The molecule has 1 aromatic rings. The van der Waals surface area contributed by atoms with E-state index in [0.29, 0.717) is 0 Å². The zero-order valence-corrected chi connectivity index (χ0v) is 6.36. The first-order chi connectivity index (χ1) is 4.89.